The van der Waals surface area contributed by atoms with Crippen LogP contribution in [0.3, 0.4) is 0 Å². The highest BCUT2D eigenvalue weighted by Gasteiger charge is 2.35. The van der Waals surface area contributed by atoms with Crippen molar-refractivity contribution in [1.29, 1.82) is 0 Å². The number of methoxy groups -OCH3 is 1. The third-order valence-electron chi connectivity index (χ3n) is 7.65. The fourth-order valence-corrected chi connectivity index (χ4v) is 6.96. The topological polar surface area (TPSA) is 96.0 Å². The second-order valence-corrected chi connectivity index (χ2v) is 12.8. The lowest BCUT2D eigenvalue weighted by molar-refractivity contribution is -0.140. The Morgan fingerprint density at radius 3 is 2.31 bits per heavy atom. The molecule has 0 unspecified atom stereocenters. The fraction of sp³-hybridized carbons (Fsp3) is 0.375. The molecule has 1 fully saturated rings. The summed E-state index contributed by atoms with van der Waals surface area (Å²) in [6.45, 7) is 3.23. The molecular formula is C32H38ClN3O5S. The molecule has 3 aromatic rings. The molecule has 0 heterocycles. The van der Waals surface area contributed by atoms with Crippen molar-refractivity contribution in [1.82, 2.24) is 10.2 Å². The number of nitrogens with one attached hydrogen (secondary N) is 1. The minimum absolute atomic E-state index is 0.0462. The Morgan fingerprint density at radius 2 is 1.69 bits per heavy atom. The van der Waals surface area contributed by atoms with Gasteiger partial charge in [0.2, 0.25) is 11.8 Å². The van der Waals surface area contributed by atoms with Crippen LogP contribution in [-0.2, 0) is 26.2 Å². The molecule has 0 radical (unpaired) electrons. The van der Waals surface area contributed by atoms with E-state index in [-0.39, 0.29) is 23.4 Å². The van der Waals surface area contributed by atoms with Crippen molar-refractivity contribution >= 4 is 39.1 Å². The molecule has 224 valence electrons. The molecule has 10 heteroatoms. The van der Waals surface area contributed by atoms with Crippen molar-refractivity contribution in [2.45, 2.75) is 69.5 Å². The number of benzene rings is 3. The van der Waals surface area contributed by atoms with Gasteiger partial charge in [0.05, 0.1) is 17.7 Å². The summed E-state index contributed by atoms with van der Waals surface area (Å²) in [5.41, 5.74) is 1.72. The van der Waals surface area contributed by atoms with E-state index >= 15 is 0 Å². The third kappa shape index (κ3) is 7.44. The van der Waals surface area contributed by atoms with E-state index in [9.17, 15) is 18.0 Å². The van der Waals surface area contributed by atoms with Gasteiger partial charge in [0.1, 0.15) is 18.3 Å². The summed E-state index contributed by atoms with van der Waals surface area (Å²) in [5.74, 6) is -0.0695. The number of anilines is 1. The zero-order valence-electron chi connectivity index (χ0n) is 24.3. The average molecular weight is 612 g/mol. The highest BCUT2D eigenvalue weighted by Crippen LogP contribution is 2.30. The normalized spacial score (nSPS) is 14.3. The van der Waals surface area contributed by atoms with Gasteiger partial charge in [-0.15, -0.1) is 0 Å². The Hall–Kier alpha value is -3.56. The van der Waals surface area contributed by atoms with Crippen molar-refractivity contribution in [3.05, 3.63) is 88.9 Å². The molecule has 1 saturated carbocycles. The standard InChI is InChI=1S/C32H38ClN3O5S/c1-4-29(32(38)34-26-10-8-9-11-26)35(21-24-15-18-27(41-3)19-16-24)31(37)22-36(30-20-25(33)17-14-23(30)2)42(39,40)28-12-6-5-7-13-28/h5-7,12-20,26,29H,4,8-11,21-22H2,1-3H3,(H,34,38)/t29-/m1/s1. The number of nitrogens with zero attached hydrogens (tertiary/aromatic N) is 2. The Labute approximate surface area is 253 Å². The maximum Gasteiger partial charge on any atom is 0.264 e. The number of carbonyl (C=O) groups excluding carboxylic acids is 2. The maximum atomic E-state index is 14.3. The van der Waals surface area contributed by atoms with Crippen molar-refractivity contribution in [3.8, 4) is 5.75 Å². The van der Waals surface area contributed by atoms with Gasteiger partial charge in [-0.05, 0) is 73.7 Å². The van der Waals surface area contributed by atoms with Crippen molar-refractivity contribution in [2.24, 2.45) is 0 Å². The predicted molar refractivity (Wildman–Crippen MR) is 165 cm³/mol. The molecule has 1 aliphatic rings. The quantitative estimate of drug-likeness (QED) is 0.283. The predicted octanol–water partition coefficient (Wildman–Crippen LogP) is 5.72. The number of carbonyl (C=O) groups is 2. The van der Waals surface area contributed by atoms with Gasteiger partial charge >= 0.3 is 0 Å². The van der Waals surface area contributed by atoms with Gasteiger partial charge in [0.15, 0.2) is 0 Å². The van der Waals surface area contributed by atoms with Crippen molar-refractivity contribution in [2.75, 3.05) is 18.0 Å². The first-order valence-electron chi connectivity index (χ1n) is 14.2. The molecule has 4 rings (SSSR count). The van der Waals surface area contributed by atoms with Crippen LogP contribution in [0.2, 0.25) is 5.02 Å². The van der Waals surface area contributed by atoms with Crippen LogP contribution in [0.25, 0.3) is 0 Å². The Bertz CT molecular complexity index is 1480. The van der Waals surface area contributed by atoms with Crippen LogP contribution in [0.1, 0.15) is 50.2 Å². The van der Waals surface area contributed by atoms with E-state index in [0.717, 1.165) is 35.6 Å². The number of rotatable bonds is 12. The summed E-state index contributed by atoms with van der Waals surface area (Å²) >= 11 is 6.30. The van der Waals surface area contributed by atoms with E-state index in [0.29, 0.717) is 28.4 Å². The van der Waals surface area contributed by atoms with Crippen LogP contribution in [0.15, 0.2) is 77.7 Å². The molecule has 0 saturated heterocycles. The highest BCUT2D eigenvalue weighted by molar-refractivity contribution is 7.92. The molecule has 8 nitrogen and oxygen atoms in total. The van der Waals surface area contributed by atoms with Crippen LogP contribution in [0.5, 0.6) is 5.75 Å². The second kappa shape index (κ2) is 14.1. The molecule has 0 aliphatic heterocycles. The molecule has 0 spiro atoms. The van der Waals surface area contributed by atoms with E-state index in [2.05, 4.69) is 5.32 Å². The second-order valence-electron chi connectivity index (χ2n) is 10.5. The van der Waals surface area contributed by atoms with Crippen LogP contribution >= 0.6 is 11.6 Å². The monoisotopic (exact) mass is 611 g/mol. The Kier molecular flexibility index (Phi) is 10.5. The van der Waals surface area contributed by atoms with Gasteiger partial charge in [-0.1, -0.05) is 67.8 Å². The summed E-state index contributed by atoms with van der Waals surface area (Å²) in [6.07, 6.45) is 4.29. The van der Waals surface area contributed by atoms with Crippen molar-refractivity contribution in [3.63, 3.8) is 0 Å². The molecule has 1 atom stereocenters. The van der Waals surface area contributed by atoms with Crippen molar-refractivity contribution < 1.29 is 22.7 Å². The maximum absolute atomic E-state index is 14.3. The van der Waals surface area contributed by atoms with Crippen LogP contribution < -0.4 is 14.4 Å². The zero-order valence-corrected chi connectivity index (χ0v) is 25.8. The van der Waals surface area contributed by atoms with Gasteiger partial charge in [-0.25, -0.2) is 8.42 Å². The summed E-state index contributed by atoms with van der Waals surface area (Å²) in [6, 6.07) is 19.4. The largest absolute Gasteiger partial charge is 0.497 e. The minimum Gasteiger partial charge on any atom is -0.497 e. The molecule has 1 N–H and O–H groups in total. The molecular weight excluding hydrogens is 574 g/mol. The van der Waals surface area contributed by atoms with E-state index in [1.807, 2.05) is 19.1 Å². The lowest BCUT2D eigenvalue weighted by Gasteiger charge is -2.34. The molecule has 0 aromatic heterocycles. The number of amides is 2. The van der Waals surface area contributed by atoms with Gasteiger partial charge in [0, 0.05) is 17.6 Å². The number of sulfonamides is 1. The molecule has 0 bridgehead atoms. The van der Waals surface area contributed by atoms with Crippen LogP contribution in [-0.4, -0.2) is 50.9 Å². The zero-order chi connectivity index (χ0) is 30.3. The molecule has 1 aliphatic carbocycles. The van der Waals surface area contributed by atoms with E-state index < -0.39 is 28.5 Å². The molecule has 2 amide bonds. The molecule has 42 heavy (non-hydrogen) atoms. The number of ether oxygens (including phenoxy) is 1. The third-order valence-corrected chi connectivity index (χ3v) is 9.66. The van der Waals surface area contributed by atoms with Gasteiger partial charge < -0.3 is 15.0 Å². The first-order valence-corrected chi connectivity index (χ1v) is 16.0. The Balaban J connectivity index is 1.73. The average Bonchev–Trinajstić information content (AvgIpc) is 3.50. The molecule has 3 aromatic carbocycles. The lowest BCUT2D eigenvalue weighted by atomic mass is 10.1. The van der Waals surface area contributed by atoms with Crippen LogP contribution in [0.4, 0.5) is 5.69 Å². The van der Waals surface area contributed by atoms with Crippen LogP contribution in [0, 0.1) is 6.92 Å². The van der Waals surface area contributed by atoms with Gasteiger partial charge in [-0.2, -0.15) is 0 Å². The minimum atomic E-state index is -4.17. The van der Waals surface area contributed by atoms with Gasteiger partial charge in [0.25, 0.3) is 10.0 Å². The van der Waals surface area contributed by atoms with E-state index in [4.69, 9.17) is 16.3 Å². The first kappa shape index (κ1) is 31.4. The SMILES string of the molecule is CC[C@H](C(=O)NC1CCCC1)N(Cc1ccc(OC)cc1)C(=O)CN(c1cc(Cl)ccc1C)S(=O)(=O)c1ccccc1. The van der Waals surface area contributed by atoms with Gasteiger partial charge in [-0.3, -0.25) is 13.9 Å². The summed E-state index contributed by atoms with van der Waals surface area (Å²) in [7, 11) is -2.59. The number of hydrogen-bond acceptors (Lipinski definition) is 5. The Morgan fingerprint density at radius 1 is 1.02 bits per heavy atom. The number of aryl methyl sites for hydroxylation is 1. The highest BCUT2D eigenvalue weighted by atomic mass is 35.5. The number of halogens is 1. The smallest absolute Gasteiger partial charge is 0.264 e. The fourth-order valence-electron chi connectivity index (χ4n) is 5.30. The first-order chi connectivity index (χ1) is 20.1. The number of hydrogen-bond donors (Lipinski definition) is 1. The summed E-state index contributed by atoms with van der Waals surface area (Å²) in [4.78, 5) is 29.4. The summed E-state index contributed by atoms with van der Waals surface area (Å²) in [5, 5.41) is 3.47. The van der Waals surface area contributed by atoms with E-state index in [1.165, 1.54) is 17.0 Å². The van der Waals surface area contributed by atoms with E-state index in [1.54, 1.807) is 62.6 Å². The lowest BCUT2D eigenvalue weighted by Crippen LogP contribution is -2.53. The summed E-state index contributed by atoms with van der Waals surface area (Å²) < 4.78 is 34.4.